The highest BCUT2D eigenvalue weighted by molar-refractivity contribution is 7.89. The molecule has 0 amide bonds. The molecule has 0 bridgehead atoms. The average Bonchev–Trinajstić information content (AvgIpc) is 3.00. The highest BCUT2D eigenvalue weighted by Gasteiger charge is 2.32. The molecule has 9 heteroatoms. The Morgan fingerprint density at radius 1 is 1.42 bits per heavy atom. The van der Waals surface area contributed by atoms with Gasteiger partial charge in [-0.3, -0.25) is 0 Å². The molecule has 1 fully saturated rings. The molecule has 2 aromatic rings. The van der Waals surface area contributed by atoms with E-state index in [1.807, 2.05) is 0 Å². The van der Waals surface area contributed by atoms with Crippen molar-refractivity contribution in [1.29, 1.82) is 0 Å². The fraction of sp³-hybridized carbons (Fsp3) is 0.588. The monoisotopic (exact) mass is 381 g/mol. The van der Waals surface area contributed by atoms with Crippen LogP contribution in [0.2, 0.25) is 0 Å². The molecule has 3 rings (SSSR count). The second kappa shape index (κ2) is 7.03. The van der Waals surface area contributed by atoms with E-state index >= 15 is 0 Å². The van der Waals surface area contributed by atoms with Gasteiger partial charge in [0.05, 0.1) is 11.9 Å². The molecule has 2 atom stereocenters. The summed E-state index contributed by atoms with van der Waals surface area (Å²) >= 11 is 0. The number of nitrogens with one attached hydrogen (secondary N) is 1. The van der Waals surface area contributed by atoms with Crippen molar-refractivity contribution in [2.24, 2.45) is 13.0 Å². The van der Waals surface area contributed by atoms with E-state index in [2.05, 4.69) is 20.1 Å². The maximum Gasteiger partial charge on any atom is 0.240 e. The van der Waals surface area contributed by atoms with Crippen molar-refractivity contribution in [3.8, 4) is 11.4 Å². The third-order valence-corrected chi connectivity index (χ3v) is 6.35. The molecule has 1 aromatic heterocycles. The second-order valence-corrected chi connectivity index (χ2v) is 9.10. The first-order chi connectivity index (χ1) is 12.2. The Labute approximate surface area is 153 Å². The summed E-state index contributed by atoms with van der Waals surface area (Å²) in [5.41, 5.74) is 0.403. The van der Waals surface area contributed by atoms with Crippen molar-refractivity contribution in [2.75, 3.05) is 7.05 Å². The number of hydrogen-bond acceptors (Lipinski definition) is 5. The van der Waals surface area contributed by atoms with Gasteiger partial charge < -0.3 is 0 Å². The van der Waals surface area contributed by atoms with Crippen LogP contribution in [0.1, 0.15) is 38.2 Å². The average molecular weight is 381 g/mol. The highest BCUT2D eigenvalue weighted by Crippen LogP contribution is 2.38. The van der Waals surface area contributed by atoms with Gasteiger partial charge in [-0.2, -0.15) is 4.80 Å². The zero-order valence-corrected chi connectivity index (χ0v) is 16.1. The molecule has 1 aliphatic rings. The maximum atomic E-state index is 14.4. The lowest BCUT2D eigenvalue weighted by atomic mass is 9.77. The van der Waals surface area contributed by atoms with E-state index < -0.39 is 15.7 Å². The van der Waals surface area contributed by atoms with Crippen LogP contribution >= 0.6 is 0 Å². The van der Waals surface area contributed by atoms with Crippen LogP contribution in [-0.2, 0) is 23.5 Å². The molecule has 1 saturated carbocycles. The molecule has 7 nitrogen and oxygen atoms in total. The van der Waals surface area contributed by atoms with Crippen LogP contribution in [0.4, 0.5) is 4.39 Å². The molecule has 0 saturated heterocycles. The van der Waals surface area contributed by atoms with E-state index in [9.17, 15) is 12.8 Å². The van der Waals surface area contributed by atoms with Gasteiger partial charge in [0.25, 0.3) is 0 Å². The zero-order valence-electron chi connectivity index (χ0n) is 15.2. The van der Waals surface area contributed by atoms with Crippen molar-refractivity contribution < 1.29 is 12.8 Å². The van der Waals surface area contributed by atoms with Gasteiger partial charge in [0, 0.05) is 5.56 Å². The first-order valence-corrected chi connectivity index (χ1v) is 10.2. The SMILES string of the molecule is CNS(=O)(=O)c1ccc(CC2CCCC(C)(F)C2)c(-c2nnn(C)n2)c1. The number of aryl methyl sites for hydroxylation is 1. The number of benzene rings is 1. The van der Waals surface area contributed by atoms with E-state index in [1.54, 1.807) is 32.2 Å². The number of tetrazole rings is 1. The van der Waals surface area contributed by atoms with Crippen LogP contribution in [0.25, 0.3) is 11.4 Å². The van der Waals surface area contributed by atoms with Gasteiger partial charge in [-0.1, -0.05) is 6.07 Å². The van der Waals surface area contributed by atoms with Gasteiger partial charge in [0.1, 0.15) is 5.67 Å². The maximum absolute atomic E-state index is 14.4. The largest absolute Gasteiger partial charge is 0.244 e. The normalized spacial score (nSPS) is 23.9. The van der Waals surface area contributed by atoms with Gasteiger partial charge in [-0.25, -0.2) is 17.5 Å². The quantitative estimate of drug-likeness (QED) is 0.858. The minimum atomic E-state index is -3.58. The van der Waals surface area contributed by atoms with E-state index in [0.717, 1.165) is 18.4 Å². The summed E-state index contributed by atoms with van der Waals surface area (Å²) in [7, 11) is -0.562. The molecule has 0 spiro atoms. The summed E-state index contributed by atoms with van der Waals surface area (Å²) in [6, 6.07) is 4.91. The first-order valence-electron chi connectivity index (χ1n) is 8.70. The van der Waals surface area contributed by atoms with Crippen molar-refractivity contribution in [3.63, 3.8) is 0 Å². The molecule has 26 heavy (non-hydrogen) atoms. The third-order valence-electron chi connectivity index (χ3n) is 4.94. The van der Waals surface area contributed by atoms with Crippen LogP contribution in [0.15, 0.2) is 23.1 Å². The fourth-order valence-corrected chi connectivity index (χ4v) is 4.43. The number of sulfonamides is 1. The summed E-state index contributed by atoms with van der Waals surface area (Å²) in [5.74, 6) is 0.579. The summed E-state index contributed by atoms with van der Waals surface area (Å²) in [6.07, 6.45) is 3.59. The predicted octanol–water partition coefficient (Wildman–Crippen LogP) is 2.25. The minimum absolute atomic E-state index is 0.144. The van der Waals surface area contributed by atoms with E-state index in [4.69, 9.17) is 0 Å². The standard InChI is InChI=1S/C17H24FN5O2S/c1-17(18)8-4-5-12(11-17)9-13-6-7-14(26(24,25)19-2)10-15(13)16-20-22-23(3)21-16/h6-7,10,12,19H,4-5,8-9,11H2,1-3H3. The predicted molar refractivity (Wildman–Crippen MR) is 95.7 cm³/mol. The van der Waals surface area contributed by atoms with Gasteiger partial charge in [0.2, 0.25) is 15.8 Å². The zero-order chi connectivity index (χ0) is 18.9. The summed E-state index contributed by atoms with van der Waals surface area (Å²) in [4.78, 5) is 1.47. The van der Waals surface area contributed by atoms with Crippen molar-refractivity contribution in [3.05, 3.63) is 23.8 Å². The van der Waals surface area contributed by atoms with Crippen LogP contribution in [0.3, 0.4) is 0 Å². The smallest absolute Gasteiger partial charge is 0.240 e. The van der Waals surface area contributed by atoms with Crippen LogP contribution < -0.4 is 4.72 Å². The summed E-state index contributed by atoms with van der Waals surface area (Å²) in [6.45, 7) is 1.66. The van der Waals surface area contributed by atoms with Crippen molar-refractivity contribution in [1.82, 2.24) is 24.9 Å². The summed E-state index contributed by atoms with van der Waals surface area (Å²) < 4.78 is 41.0. The second-order valence-electron chi connectivity index (χ2n) is 7.21. The van der Waals surface area contributed by atoms with E-state index in [0.29, 0.717) is 30.7 Å². The van der Waals surface area contributed by atoms with Gasteiger partial charge in [-0.15, -0.1) is 10.2 Å². The van der Waals surface area contributed by atoms with E-state index in [1.165, 1.54) is 11.8 Å². The summed E-state index contributed by atoms with van der Waals surface area (Å²) in [5, 5.41) is 12.1. The Morgan fingerprint density at radius 2 is 2.19 bits per heavy atom. The molecule has 1 N–H and O–H groups in total. The number of rotatable bonds is 5. The molecule has 1 heterocycles. The Hall–Kier alpha value is -1.87. The molecule has 1 aromatic carbocycles. The van der Waals surface area contributed by atoms with Crippen molar-refractivity contribution in [2.45, 2.75) is 49.6 Å². The Balaban J connectivity index is 1.99. The minimum Gasteiger partial charge on any atom is -0.244 e. The number of alkyl halides is 1. The lowest BCUT2D eigenvalue weighted by molar-refractivity contribution is 0.0944. The molecule has 2 unspecified atom stereocenters. The number of aromatic nitrogens is 4. The fourth-order valence-electron chi connectivity index (χ4n) is 3.67. The molecule has 142 valence electrons. The van der Waals surface area contributed by atoms with Gasteiger partial charge in [-0.05, 0) is 74.9 Å². The van der Waals surface area contributed by atoms with E-state index in [-0.39, 0.29) is 10.8 Å². The molecule has 0 radical (unpaired) electrons. The molecular formula is C17H24FN5O2S. The highest BCUT2D eigenvalue weighted by atomic mass is 32.2. The molecular weight excluding hydrogens is 357 g/mol. The number of hydrogen-bond donors (Lipinski definition) is 1. The topological polar surface area (TPSA) is 89.8 Å². The van der Waals surface area contributed by atoms with Crippen LogP contribution in [0, 0.1) is 5.92 Å². The lowest BCUT2D eigenvalue weighted by Crippen LogP contribution is -2.28. The van der Waals surface area contributed by atoms with Gasteiger partial charge >= 0.3 is 0 Å². The first kappa shape index (κ1) is 18.9. The number of halogens is 1. The van der Waals surface area contributed by atoms with Gasteiger partial charge in [0.15, 0.2) is 0 Å². The Kier molecular flexibility index (Phi) is 5.12. The Bertz CT molecular complexity index is 894. The lowest BCUT2D eigenvalue weighted by Gasteiger charge is -2.32. The molecule has 1 aliphatic carbocycles. The van der Waals surface area contributed by atoms with Crippen LogP contribution in [0.5, 0.6) is 0 Å². The van der Waals surface area contributed by atoms with Crippen molar-refractivity contribution >= 4 is 10.0 Å². The third kappa shape index (κ3) is 4.09. The molecule has 0 aliphatic heterocycles. The Morgan fingerprint density at radius 3 is 2.81 bits per heavy atom. The number of nitrogens with zero attached hydrogens (tertiary/aromatic N) is 4. The van der Waals surface area contributed by atoms with Crippen LogP contribution in [-0.4, -0.2) is 41.3 Å².